The van der Waals surface area contributed by atoms with Crippen molar-refractivity contribution in [3.8, 4) is 23.1 Å². The molecule has 1 aliphatic heterocycles. The highest BCUT2D eigenvalue weighted by Gasteiger charge is 2.24. The Kier molecular flexibility index (Phi) is 7.21. The predicted molar refractivity (Wildman–Crippen MR) is 116 cm³/mol. The van der Waals surface area contributed by atoms with E-state index in [4.69, 9.17) is 10.5 Å². The molecule has 3 N–H and O–H groups in total. The van der Waals surface area contributed by atoms with Gasteiger partial charge in [0.05, 0.1) is 18.2 Å². The van der Waals surface area contributed by atoms with Crippen LogP contribution in [-0.2, 0) is 9.53 Å². The molecule has 162 valence electrons. The summed E-state index contributed by atoms with van der Waals surface area (Å²) in [6.07, 6.45) is 1.64. The third-order valence-electron chi connectivity index (χ3n) is 5.02. The molecule has 0 radical (unpaired) electrons. The van der Waals surface area contributed by atoms with Crippen LogP contribution in [0.3, 0.4) is 0 Å². The van der Waals surface area contributed by atoms with Gasteiger partial charge in [0.1, 0.15) is 5.69 Å². The lowest BCUT2D eigenvalue weighted by Crippen LogP contribution is -2.37. The number of anilines is 1. The Morgan fingerprint density at radius 2 is 2.23 bits per heavy atom. The third kappa shape index (κ3) is 5.38. The minimum absolute atomic E-state index is 0.00298. The Bertz CT molecular complexity index is 1040. The zero-order chi connectivity index (χ0) is 22.4. The lowest BCUT2D eigenvalue weighted by molar-refractivity contribution is -0.134. The minimum Gasteiger partial charge on any atom is -0.383 e. The number of hydrogen-bond donors (Lipinski definition) is 2. The third-order valence-corrected chi connectivity index (χ3v) is 5.02. The number of likely N-dealkylation sites (tertiary alicyclic amines) is 1. The van der Waals surface area contributed by atoms with E-state index in [9.17, 15) is 14.0 Å². The second-order valence-electron chi connectivity index (χ2n) is 7.30. The van der Waals surface area contributed by atoms with Crippen molar-refractivity contribution in [3.05, 3.63) is 47.4 Å². The van der Waals surface area contributed by atoms with Gasteiger partial charge in [0.15, 0.2) is 11.5 Å². The lowest BCUT2D eigenvalue weighted by Gasteiger charge is -2.26. The number of primary amides is 1. The van der Waals surface area contributed by atoms with Crippen LogP contribution in [0.2, 0.25) is 0 Å². The average Bonchev–Trinajstić information content (AvgIpc) is 2.75. The van der Waals surface area contributed by atoms with Crippen LogP contribution in [0.4, 0.5) is 10.1 Å². The smallest absolute Gasteiger partial charge is 0.269 e. The number of pyridine rings is 1. The van der Waals surface area contributed by atoms with E-state index >= 15 is 0 Å². The Balaban J connectivity index is 1.90. The van der Waals surface area contributed by atoms with Gasteiger partial charge in [0, 0.05) is 44.4 Å². The van der Waals surface area contributed by atoms with Crippen LogP contribution >= 0.6 is 0 Å². The summed E-state index contributed by atoms with van der Waals surface area (Å²) in [5.41, 5.74) is 6.69. The largest absolute Gasteiger partial charge is 0.383 e. The molecule has 1 atom stereocenters. The number of benzene rings is 1. The summed E-state index contributed by atoms with van der Waals surface area (Å²) < 4.78 is 19.8. The number of ether oxygens (including phenoxy) is 1. The highest BCUT2D eigenvalue weighted by atomic mass is 19.1. The van der Waals surface area contributed by atoms with Crippen LogP contribution in [0.5, 0.6) is 0 Å². The Morgan fingerprint density at radius 3 is 2.97 bits per heavy atom. The fourth-order valence-corrected chi connectivity index (χ4v) is 3.38. The van der Waals surface area contributed by atoms with Gasteiger partial charge < -0.3 is 20.7 Å². The minimum atomic E-state index is -0.767. The van der Waals surface area contributed by atoms with E-state index in [1.165, 1.54) is 13.2 Å². The number of rotatable bonds is 6. The molecule has 1 aromatic carbocycles. The van der Waals surface area contributed by atoms with Crippen LogP contribution in [0, 0.1) is 23.6 Å². The van der Waals surface area contributed by atoms with Gasteiger partial charge in [0.2, 0.25) is 5.91 Å². The molecule has 2 amide bonds. The summed E-state index contributed by atoms with van der Waals surface area (Å²) in [6, 6.07) is 8.06. The van der Waals surface area contributed by atoms with Crippen molar-refractivity contribution >= 4 is 17.5 Å². The summed E-state index contributed by atoms with van der Waals surface area (Å²) in [6.45, 7) is 1.49. The van der Waals surface area contributed by atoms with Crippen molar-refractivity contribution < 1.29 is 18.7 Å². The van der Waals surface area contributed by atoms with E-state index in [0.29, 0.717) is 24.3 Å². The van der Waals surface area contributed by atoms with Crippen LogP contribution < -0.4 is 11.1 Å². The van der Waals surface area contributed by atoms with Gasteiger partial charge in [-0.1, -0.05) is 24.0 Å². The molecule has 2 aromatic rings. The molecular formula is C23H25FN4O3. The summed E-state index contributed by atoms with van der Waals surface area (Å²) in [4.78, 5) is 29.9. The van der Waals surface area contributed by atoms with Crippen molar-refractivity contribution in [2.45, 2.75) is 12.8 Å². The van der Waals surface area contributed by atoms with Crippen molar-refractivity contribution in [2.75, 3.05) is 39.2 Å². The highest BCUT2D eigenvalue weighted by molar-refractivity contribution is 5.97. The number of amides is 2. The SMILES string of the molecule is COCCNc1cc(F)c(-c2cccc(C#CC3CCCN(C)C3=O)c2)nc1C(N)=O. The maximum Gasteiger partial charge on any atom is 0.269 e. The number of carbonyl (C=O) groups is 2. The van der Waals surface area contributed by atoms with Gasteiger partial charge in [-0.3, -0.25) is 9.59 Å². The molecule has 1 fully saturated rings. The topological polar surface area (TPSA) is 97.6 Å². The van der Waals surface area contributed by atoms with E-state index in [1.807, 2.05) is 0 Å². The standard InChI is InChI=1S/C23H25FN4O3/c1-28-11-4-7-16(23(28)30)9-8-15-5-3-6-17(13-15)20-18(24)14-19(26-10-12-31-2)21(27-20)22(25)29/h3,5-6,13-14,16,26H,4,7,10-12H2,1-2H3,(H2,25,29). The van der Waals surface area contributed by atoms with Crippen LogP contribution in [0.25, 0.3) is 11.3 Å². The monoisotopic (exact) mass is 424 g/mol. The molecular weight excluding hydrogens is 399 g/mol. The highest BCUT2D eigenvalue weighted by Crippen LogP contribution is 2.26. The molecule has 0 aliphatic carbocycles. The molecule has 1 saturated heterocycles. The van der Waals surface area contributed by atoms with E-state index in [0.717, 1.165) is 19.4 Å². The first-order valence-corrected chi connectivity index (χ1v) is 10.0. The zero-order valence-electron chi connectivity index (χ0n) is 17.6. The molecule has 31 heavy (non-hydrogen) atoms. The molecule has 0 bridgehead atoms. The number of nitrogens with zero attached hydrogens (tertiary/aromatic N) is 2. The van der Waals surface area contributed by atoms with Gasteiger partial charge in [0.25, 0.3) is 5.91 Å². The van der Waals surface area contributed by atoms with Gasteiger partial charge >= 0.3 is 0 Å². The van der Waals surface area contributed by atoms with E-state index in [-0.39, 0.29) is 28.9 Å². The van der Waals surface area contributed by atoms with E-state index in [1.54, 1.807) is 36.2 Å². The molecule has 0 spiro atoms. The molecule has 7 nitrogen and oxygen atoms in total. The predicted octanol–water partition coefficient (Wildman–Crippen LogP) is 2.26. The van der Waals surface area contributed by atoms with Crippen molar-refractivity contribution in [2.24, 2.45) is 11.7 Å². The number of aromatic nitrogens is 1. The molecule has 8 heteroatoms. The van der Waals surface area contributed by atoms with E-state index < -0.39 is 11.7 Å². The molecule has 0 saturated carbocycles. The maximum atomic E-state index is 14.8. The number of hydrogen-bond acceptors (Lipinski definition) is 5. The fraction of sp³-hybridized carbons (Fsp3) is 0.348. The van der Waals surface area contributed by atoms with Crippen LogP contribution in [-0.4, -0.2) is 55.6 Å². The van der Waals surface area contributed by atoms with Gasteiger partial charge in [-0.25, -0.2) is 9.37 Å². The number of piperidine rings is 1. The summed E-state index contributed by atoms with van der Waals surface area (Å²) >= 11 is 0. The van der Waals surface area contributed by atoms with Crippen molar-refractivity contribution in [1.29, 1.82) is 0 Å². The Labute approximate surface area is 180 Å². The average molecular weight is 424 g/mol. The molecule has 1 aliphatic rings. The second kappa shape index (κ2) is 10.0. The summed E-state index contributed by atoms with van der Waals surface area (Å²) in [7, 11) is 3.31. The fourth-order valence-electron chi connectivity index (χ4n) is 3.38. The van der Waals surface area contributed by atoms with Crippen molar-refractivity contribution in [1.82, 2.24) is 9.88 Å². The Morgan fingerprint density at radius 1 is 1.42 bits per heavy atom. The Hall–Kier alpha value is -3.44. The zero-order valence-corrected chi connectivity index (χ0v) is 17.6. The molecule has 1 aromatic heterocycles. The quantitative estimate of drug-likeness (QED) is 0.548. The molecule has 3 rings (SSSR count). The number of carbonyl (C=O) groups excluding carboxylic acids is 2. The first-order chi connectivity index (χ1) is 14.9. The van der Waals surface area contributed by atoms with Gasteiger partial charge in [-0.2, -0.15) is 0 Å². The second-order valence-corrected chi connectivity index (χ2v) is 7.30. The van der Waals surface area contributed by atoms with Gasteiger partial charge in [-0.05, 0) is 25.0 Å². The molecule has 1 unspecified atom stereocenters. The number of halogens is 1. The first-order valence-electron chi connectivity index (χ1n) is 10.0. The molecule has 2 heterocycles. The van der Waals surface area contributed by atoms with Gasteiger partial charge in [-0.15, -0.1) is 0 Å². The van der Waals surface area contributed by atoms with Crippen LogP contribution in [0.15, 0.2) is 30.3 Å². The first kappa shape index (κ1) is 22.2. The lowest BCUT2D eigenvalue weighted by atomic mass is 9.97. The van der Waals surface area contributed by atoms with Crippen molar-refractivity contribution in [3.63, 3.8) is 0 Å². The normalized spacial score (nSPS) is 15.9. The number of nitrogens with two attached hydrogens (primary N) is 1. The van der Waals surface area contributed by atoms with E-state index in [2.05, 4.69) is 22.1 Å². The van der Waals surface area contributed by atoms with Crippen LogP contribution in [0.1, 0.15) is 28.9 Å². The maximum absolute atomic E-state index is 14.8. The summed E-state index contributed by atoms with van der Waals surface area (Å²) in [5.74, 6) is 4.36. The number of methoxy groups -OCH3 is 1. The summed E-state index contributed by atoms with van der Waals surface area (Å²) in [5, 5.41) is 2.90. The number of nitrogens with one attached hydrogen (secondary N) is 1.